The third kappa shape index (κ3) is 3.87. The van der Waals surface area contributed by atoms with E-state index in [1.165, 1.54) is 12.1 Å². The molecule has 2 amide bonds. The van der Waals surface area contributed by atoms with Crippen molar-refractivity contribution in [2.45, 2.75) is 25.2 Å². The van der Waals surface area contributed by atoms with E-state index in [2.05, 4.69) is 10.6 Å². The number of carbonyl (C=O) groups is 2. The van der Waals surface area contributed by atoms with Crippen molar-refractivity contribution in [3.8, 4) is 0 Å². The molecule has 0 radical (unpaired) electrons. The Hall–Kier alpha value is -1.66. The fraction of sp³-hybridized carbons (Fsp3) is 0.529. The second-order valence-electron chi connectivity index (χ2n) is 6.39. The first kappa shape index (κ1) is 18.7. The van der Waals surface area contributed by atoms with Crippen LogP contribution in [0.15, 0.2) is 18.2 Å². The van der Waals surface area contributed by atoms with Crippen LogP contribution in [0.5, 0.6) is 0 Å². The first-order valence-electron chi connectivity index (χ1n) is 8.11. The van der Waals surface area contributed by atoms with Crippen LogP contribution in [0.25, 0.3) is 0 Å². The number of hydrogen-bond donors (Lipinski definition) is 2. The standard InChI is InChI=1S/C17H22FN3O2.ClH/c1-19-9-11-3-2-6-21(10-11)17(23)14-8-16(22)20-15-7-12(18)4-5-13(14)15;/h4-5,7,11,14,19H,2-3,6,8-10H2,1H3,(H,20,22);1H. The molecule has 0 saturated carbocycles. The molecule has 2 unspecified atom stereocenters. The van der Waals surface area contributed by atoms with Crippen molar-refractivity contribution in [2.24, 2.45) is 5.92 Å². The molecular weight excluding hydrogens is 333 g/mol. The van der Waals surface area contributed by atoms with E-state index >= 15 is 0 Å². The van der Waals surface area contributed by atoms with Crippen molar-refractivity contribution in [2.75, 3.05) is 32.0 Å². The summed E-state index contributed by atoms with van der Waals surface area (Å²) < 4.78 is 13.4. The Morgan fingerprint density at radius 2 is 2.25 bits per heavy atom. The van der Waals surface area contributed by atoms with E-state index < -0.39 is 11.7 Å². The molecule has 2 aliphatic heterocycles. The van der Waals surface area contributed by atoms with Gasteiger partial charge in [0.05, 0.1) is 5.92 Å². The average molecular weight is 356 g/mol. The number of piperidine rings is 1. The van der Waals surface area contributed by atoms with E-state index in [1.807, 2.05) is 11.9 Å². The number of anilines is 1. The molecule has 0 bridgehead atoms. The maximum Gasteiger partial charge on any atom is 0.230 e. The monoisotopic (exact) mass is 355 g/mol. The van der Waals surface area contributed by atoms with Crippen LogP contribution in [0.2, 0.25) is 0 Å². The van der Waals surface area contributed by atoms with Gasteiger partial charge in [-0.15, -0.1) is 12.4 Å². The maximum atomic E-state index is 13.4. The average Bonchev–Trinajstić information content (AvgIpc) is 2.53. The minimum Gasteiger partial charge on any atom is -0.342 e. The lowest BCUT2D eigenvalue weighted by Gasteiger charge is -2.36. The van der Waals surface area contributed by atoms with E-state index in [1.54, 1.807) is 6.07 Å². The van der Waals surface area contributed by atoms with Crippen LogP contribution in [0.1, 0.15) is 30.7 Å². The number of nitrogens with zero attached hydrogens (tertiary/aromatic N) is 1. The lowest BCUT2D eigenvalue weighted by Crippen LogP contribution is -2.45. The highest BCUT2D eigenvalue weighted by Crippen LogP contribution is 2.34. The number of halogens is 2. The van der Waals surface area contributed by atoms with Gasteiger partial charge in [0.1, 0.15) is 5.82 Å². The van der Waals surface area contributed by atoms with E-state index in [0.29, 0.717) is 23.7 Å². The number of nitrogens with one attached hydrogen (secondary N) is 2. The van der Waals surface area contributed by atoms with Crippen molar-refractivity contribution in [3.05, 3.63) is 29.6 Å². The van der Waals surface area contributed by atoms with Gasteiger partial charge in [-0.2, -0.15) is 0 Å². The highest BCUT2D eigenvalue weighted by atomic mass is 35.5. The molecule has 1 aromatic rings. The molecule has 5 nitrogen and oxygen atoms in total. The third-order valence-electron chi connectivity index (χ3n) is 4.68. The molecule has 7 heteroatoms. The Morgan fingerprint density at radius 3 is 3.00 bits per heavy atom. The minimum absolute atomic E-state index is 0. The second-order valence-corrected chi connectivity index (χ2v) is 6.39. The fourth-order valence-electron chi connectivity index (χ4n) is 3.60. The highest BCUT2D eigenvalue weighted by Gasteiger charge is 2.35. The van der Waals surface area contributed by atoms with Gasteiger partial charge >= 0.3 is 0 Å². The van der Waals surface area contributed by atoms with Crippen LogP contribution < -0.4 is 10.6 Å². The van der Waals surface area contributed by atoms with Gasteiger partial charge in [0.15, 0.2) is 0 Å². The van der Waals surface area contributed by atoms with Crippen LogP contribution in [0.4, 0.5) is 10.1 Å². The van der Waals surface area contributed by atoms with Crippen LogP contribution in [0.3, 0.4) is 0 Å². The summed E-state index contributed by atoms with van der Waals surface area (Å²) in [6, 6.07) is 4.24. The Morgan fingerprint density at radius 1 is 1.46 bits per heavy atom. The normalized spacial score (nSPS) is 23.1. The van der Waals surface area contributed by atoms with Crippen molar-refractivity contribution in [1.29, 1.82) is 0 Å². The maximum absolute atomic E-state index is 13.4. The number of fused-ring (bicyclic) bond motifs is 1. The molecule has 2 N–H and O–H groups in total. The van der Waals surface area contributed by atoms with Gasteiger partial charge in [0, 0.05) is 25.2 Å². The summed E-state index contributed by atoms with van der Waals surface area (Å²) in [5.74, 6) is -0.724. The summed E-state index contributed by atoms with van der Waals surface area (Å²) in [5.41, 5.74) is 1.13. The quantitative estimate of drug-likeness (QED) is 0.873. The summed E-state index contributed by atoms with van der Waals surface area (Å²) in [4.78, 5) is 26.7. The molecule has 1 saturated heterocycles. The molecule has 1 aromatic carbocycles. The summed E-state index contributed by atoms with van der Waals surface area (Å²) in [6.07, 6.45) is 2.22. The van der Waals surface area contributed by atoms with Crippen molar-refractivity contribution in [3.63, 3.8) is 0 Å². The molecule has 3 rings (SSSR count). The van der Waals surface area contributed by atoms with Crippen LogP contribution >= 0.6 is 12.4 Å². The molecule has 0 spiro atoms. The van der Waals surface area contributed by atoms with Crippen molar-refractivity contribution >= 4 is 29.9 Å². The Balaban J connectivity index is 0.00000208. The largest absolute Gasteiger partial charge is 0.342 e. The van der Waals surface area contributed by atoms with Crippen molar-refractivity contribution in [1.82, 2.24) is 10.2 Å². The predicted molar refractivity (Wildman–Crippen MR) is 92.9 cm³/mol. The lowest BCUT2D eigenvalue weighted by molar-refractivity contribution is -0.136. The van der Waals surface area contributed by atoms with Gasteiger partial charge < -0.3 is 15.5 Å². The Bertz CT molecular complexity index is 624. The topological polar surface area (TPSA) is 61.4 Å². The molecule has 132 valence electrons. The number of rotatable bonds is 3. The highest BCUT2D eigenvalue weighted by molar-refractivity contribution is 6.01. The molecule has 2 aliphatic rings. The van der Waals surface area contributed by atoms with Crippen LogP contribution in [-0.4, -0.2) is 43.4 Å². The van der Waals surface area contributed by atoms with Crippen molar-refractivity contribution < 1.29 is 14.0 Å². The summed E-state index contributed by atoms with van der Waals surface area (Å²) in [6.45, 7) is 2.33. The van der Waals surface area contributed by atoms with Gasteiger partial charge in [0.2, 0.25) is 11.8 Å². The summed E-state index contributed by atoms with van der Waals surface area (Å²) in [5, 5.41) is 5.82. The van der Waals surface area contributed by atoms with E-state index in [-0.39, 0.29) is 30.6 Å². The number of likely N-dealkylation sites (tertiary alicyclic amines) is 1. The third-order valence-corrected chi connectivity index (χ3v) is 4.68. The molecule has 24 heavy (non-hydrogen) atoms. The number of carbonyl (C=O) groups excluding carboxylic acids is 2. The second kappa shape index (κ2) is 7.94. The zero-order chi connectivity index (χ0) is 16.4. The van der Waals surface area contributed by atoms with Gasteiger partial charge in [-0.25, -0.2) is 4.39 Å². The van der Waals surface area contributed by atoms with Gasteiger partial charge in [0.25, 0.3) is 0 Å². The zero-order valence-electron chi connectivity index (χ0n) is 13.7. The van der Waals surface area contributed by atoms with E-state index in [4.69, 9.17) is 0 Å². The fourth-order valence-corrected chi connectivity index (χ4v) is 3.60. The van der Waals surface area contributed by atoms with E-state index in [0.717, 1.165) is 25.9 Å². The molecule has 2 atom stereocenters. The lowest BCUT2D eigenvalue weighted by atomic mass is 9.88. The zero-order valence-corrected chi connectivity index (χ0v) is 14.5. The van der Waals surface area contributed by atoms with Gasteiger partial charge in [-0.3, -0.25) is 9.59 Å². The number of amides is 2. The molecule has 0 aliphatic carbocycles. The predicted octanol–water partition coefficient (Wildman–Crippen LogP) is 2.13. The first-order valence-corrected chi connectivity index (χ1v) is 8.11. The van der Waals surface area contributed by atoms with Gasteiger partial charge in [-0.05, 0) is 50.0 Å². The molecular formula is C17H23ClFN3O2. The Kier molecular flexibility index (Phi) is 6.18. The Labute approximate surface area is 147 Å². The van der Waals surface area contributed by atoms with Crippen LogP contribution in [-0.2, 0) is 9.59 Å². The SMILES string of the molecule is CNCC1CCCN(C(=O)C2CC(=O)Nc3cc(F)ccc32)C1.Cl. The van der Waals surface area contributed by atoms with Crippen LogP contribution in [0, 0.1) is 11.7 Å². The van der Waals surface area contributed by atoms with E-state index in [9.17, 15) is 14.0 Å². The first-order chi connectivity index (χ1) is 11.1. The summed E-state index contributed by atoms with van der Waals surface area (Å²) >= 11 is 0. The van der Waals surface area contributed by atoms with Gasteiger partial charge in [-0.1, -0.05) is 6.07 Å². The minimum atomic E-state index is -0.507. The molecule has 2 heterocycles. The summed E-state index contributed by atoms with van der Waals surface area (Å²) in [7, 11) is 1.91. The molecule has 1 fully saturated rings. The smallest absolute Gasteiger partial charge is 0.230 e. The number of hydrogen-bond acceptors (Lipinski definition) is 3. The molecule has 0 aromatic heterocycles. The number of benzene rings is 1.